The summed E-state index contributed by atoms with van der Waals surface area (Å²) in [5.74, 6) is -3.26. The van der Waals surface area contributed by atoms with Gasteiger partial charge in [-0.3, -0.25) is 0 Å². The molecule has 0 unspecified atom stereocenters. The van der Waals surface area contributed by atoms with Gasteiger partial charge in [0.15, 0.2) is 0 Å². The SMILES string of the molecule is OB(O)C1CC(F)(F)C1. The molecule has 0 spiro atoms. The number of rotatable bonds is 1. The summed E-state index contributed by atoms with van der Waals surface area (Å²) in [4.78, 5) is 0. The van der Waals surface area contributed by atoms with E-state index < -0.39 is 18.9 Å². The maximum atomic E-state index is 11.9. The molecular weight excluding hydrogens is 129 g/mol. The molecule has 1 saturated carbocycles. The first-order valence-corrected chi connectivity index (χ1v) is 2.75. The molecule has 0 atom stereocenters. The lowest BCUT2D eigenvalue weighted by atomic mass is 9.59. The molecule has 9 heavy (non-hydrogen) atoms. The fourth-order valence-electron chi connectivity index (χ4n) is 0.918. The van der Waals surface area contributed by atoms with E-state index in [1.165, 1.54) is 0 Å². The van der Waals surface area contributed by atoms with Gasteiger partial charge in [0, 0.05) is 18.7 Å². The second-order valence-corrected chi connectivity index (χ2v) is 2.44. The van der Waals surface area contributed by atoms with Crippen LogP contribution < -0.4 is 0 Å². The minimum atomic E-state index is -2.64. The van der Waals surface area contributed by atoms with Crippen LogP contribution in [0.3, 0.4) is 0 Å². The molecule has 1 fully saturated rings. The molecule has 1 aliphatic carbocycles. The summed E-state index contributed by atoms with van der Waals surface area (Å²) in [5.41, 5.74) is 0. The second kappa shape index (κ2) is 1.92. The highest BCUT2D eigenvalue weighted by Crippen LogP contribution is 2.46. The maximum Gasteiger partial charge on any atom is 0.455 e. The van der Waals surface area contributed by atoms with Crippen molar-refractivity contribution in [3.63, 3.8) is 0 Å². The summed E-state index contributed by atoms with van der Waals surface area (Å²) in [6.07, 6.45) is -0.769. The molecule has 52 valence electrons. The topological polar surface area (TPSA) is 40.5 Å². The Morgan fingerprint density at radius 3 is 1.89 bits per heavy atom. The zero-order chi connectivity index (χ0) is 7.07. The molecule has 2 N–H and O–H groups in total. The van der Waals surface area contributed by atoms with E-state index in [1.54, 1.807) is 0 Å². The van der Waals surface area contributed by atoms with Crippen LogP contribution in [-0.2, 0) is 0 Å². The van der Waals surface area contributed by atoms with E-state index in [0.29, 0.717) is 0 Å². The first kappa shape index (κ1) is 6.96. The number of hydrogen-bond donors (Lipinski definition) is 2. The molecule has 0 bridgehead atoms. The zero-order valence-electron chi connectivity index (χ0n) is 4.72. The van der Waals surface area contributed by atoms with Gasteiger partial charge < -0.3 is 10.0 Å². The number of halogens is 2. The Morgan fingerprint density at radius 2 is 1.78 bits per heavy atom. The summed E-state index contributed by atoms with van der Waals surface area (Å²) in [7, 11) is -1.57. The predicted molar refractivity (Wildman–Crippen MR) is 28.1 cm³/mol. The minimum Gasteiger partial charge on any atom is -0.427 e. The molecule has 2 nitrogen and oxygen atoms in total. The molecule has 0 aromatic heterocycles. The van der Waals surface area contributed by atoms with Crippen molar-refractivity contribution in [2.24, 2.45) is 0 Å². The van der Waals surface area contributed by atoms with Gasteiger partial charge in [-0.2, -0.15) is 0 Å². The van der Waals surface area contributed by atoms with Crippen LogP contribution in [0.4, 0.5) is 8.78 Å². The van der Waals surface area contributed by atoms with Crippen LogP contribution in [0.15, 0.2) is 0 Å². The van der Waals surface area contributed by atoms with Gasteiger partial charge in [0.25, 0.3) is 0 Å². The van der Waals surface area contributed by atoms with E-state index >= 15 is 0 Å². The van der Waals surface area contributed by atoms with E-state index in [1.807, 2.05) is 0 Å². The van der Waals surface area contributed by atoms with Crippen LogP contribution in [0.25, 0.3) is 0 Å². The van der Waals surface area contributed by atoms with E-state index in [-0.39, 0.29) is 12.8 Å². The molecule has 0 aromatic rings. The Bertz CT molecular complexity index is 109. The molecule has 0 heterocycles. The fraction of sp³-hybridized carbons (Fsp3) is 1.00. The third-order valence-corrected chi connectivity index (χ3v) is 1.54. The maximum absolute atomic E-state index is 11.9. The Morgan fingerprint density at radius 1 is 1.33 bits per heavy atom. The van der Waals surface area contributed by atoms with Gasteiger partial charge in [0.05, 0.1) is 0 Å². The number of alkyl halides is 2. The normalized spacial score (nSPS) is 25.3. The lowest BCUT2D eigenvalue weighted by molar-refractivity contribution is -0.0769. The van der Waals surface area contributed by atoms with Crippen LogP contribution in [0, 0.1) is 0 Å². The first-order valence-electron chi connectivity index (χ1n) is 2.75. The molecule has 5 heteroatoms. The highest BCUT2D eigenvalue weighted by Gasteiger charge is 2.49. The van der Waals surface area contributed by atoms with Gasteiger partial charge >= 0.3 is 7.12 Å². The van der Waals surface area contributed by atoms with Gasteiger partial charge in [0.1, 0.15) is 0 Å². The summed E-state index contributed by atoms with van der Waals surface area (Å²) < 4.78 is 23.9. The Balaban J connectivity index is 2.27. The summed E-state index contributed by atoms with van der Waals surface area (Å²) >= 11 is 0. The van der Waals surface area contributed by atoms with E-state index in [0.717, 1.165) is 0 Å². The van der Waals surface area contributed by atoms with Gasteiger partial charge in [-0.25, -0.2) is 8.78 Å². The lowest BCUT2D eigenvalue weighted by Gasteiger charge is -2.33. The first-order chi connectivity index (χ1) is 4.01. The Hall–Kier alpha value is -0.155. The van der Waals surface area contributed by atoms with Crippen LogP contribution in [-0.4, -0.2) is 23.1 Å². The van der Waals surface area contributed by atoms with Crippen LogP contribution in [0.5, 0.6) is 0 Å². The predicted octanol–water partition coefficient (Wildman–Crippen LogP) is 0.258. The molecular formula is C4H7BF2O2. The molecule has 0 aromatic carbocycles. The standard InChI is InChI=1S/C4H7BF2O2/c6-4(7)1-3(2-4)5(8)9/h3,8-9H,1-2H2. The zero-order valence-corrected chi connectivity index (χ0v) is 4.72. The Kier molecular flexibility index (Phi) is 1.48. The molecule has 0 saturated heterocycles. The molecule has 0 radical (unpaired) electrons. The summed E-state index contributed by atoms with van der Waals surface area (Å²) in [6, 6.07) is 0. The van der Waals surface area contributed by atoms with E-state index in [2.05, 4.69) is 0 Å². The molecule has 1 aliphatic rings. The quantitative estimate of drug-likeness (QED) is 0.507. The largest absolute Gasteiger partial charge is 0.455 e. The van der Waals surface area contributed by atoms with Crippen molar-refractivity contribution < 1.29 is 18.8 Å². The third kappa shape index (κ3) is 1.40. The van der Waals surface area contributed by atoms with Gasteiger partial charge in [-0.1, -0.05) is 0 Å². The van der Waals surface area contributed by atoms with Crippen molar-refractivity contribution in [3.8, 4) is 0 Å². The average Bonchev–Trinajstić information content (AvgIpc) is 1.59. The summed E-state index contributed by atoms with van der Waals surface area (Å²) in [6.45, 7) is 0. The van der Waals surface area contributed by atoms with Crippen LogP contribution in [0.2, 0.25) is 5.82 Å². The minimum absolute atomic E-state index is 0.384. The fourth-order valence-corrected chi connectivity index (χ4v) is 0.918. The smallest absolute Gasteiger partial charge is 0.427 e. The van der Waals surface area contributed by atoms with Crippen molar-refractivity contribution in [2.75, 3.05) is 0 Å². The molecule has 1 rings (SSSR count). The van der Waals surface area contributed by atoms with E-state index in [9.17, 15) is 8.78 Å². The molecule has 0 amide bonds. The van der Waals surface area contributed by atoms with Crippen molar-refractivity contribution in [1.29, 1.82) is 0 Å². The highest BCUT2D eigenvalue weighted by molar-refractivity contribution is 6.43. The van der Waals surface area contributed by atoms with Gasteiger partial charge in [-0.05, 0) is 0 Å². The monoisotopic (exact) mass is 136 g/mol. The van der Waals surface area contributed by atoms with Gasteiger partial charge in [0.2, 0.25) is 5.92 Å². The lowest BCUT2D eigenvalue weighted by Crippen LogP contribution is -2.40. The average molecular weight is 136 g/mol. The van der Waals surface area contributed by atoms with Crippen molar-refractivity contribution in [3.05, 3.63) is 0 Å². The van der Waals surface area contributed by atoms with Gasteiger partial charge in [-0.15, -0.1) is 0 Å². The number of hydrogen-bond acceptors (Lipinski definition) is 2. The highest BCUT2D eigenvalue weighted by atomic mass is 19.3. The van der Waals surface area contributed by atoms with Crippen LogP contribution >= 0.6 is 0 Å². The van der Waals surface area contributed by atoms with Crippen LogP contribution in [0.1, 0.15) is 12.8 Å². The summed E-state index contributed by atoms with van der Waals surface area (Å²) in [5, 5.41) is 16.7. The van der Waals surface area contributed by atoms with Crippen molar-refractivity contribution >= 4 is 7.12 Å². The van der Waals surface area contributed by atoms with E-state index in [4.69, 9.17) is 10.0 Å². The van der Waals surface area contributed by atoms with Crippen molar-refractivity contribution in [1.82, 2.24) is 0 Å². The molecule has 0 aliphatic heterocycles. The van der Waals surface area contributed by atoms with Crippen molar-refractivity contribution in [2.45, 2.75) is 24.6 Å². The third-order valence-electron chi connectivity index (χ3n) is 1.54. The Labute approximate surface area is 51.6 Å². The second-order valence-electron chi connectivity index (χ2n) is 2.44.